The Morgan fingerprint density at radius 3 is 2.75 bits per heavy atom. The van der Waals surface area contributed by atoms with Gasteiger partial charge >= 0.3 is 0 Å². The zero-order valence-electron chi connectivity index (χ0n) is 11.7. The third-order valence-corrected chi connectivity index (χ3v) is 4.36. The minimum atomic E-state index is -0.219. The molecule has 3 rings (SSSR count). The number of H-pyrrole nitrogens is 1. The van der Waals surface area contributed by atoms with Gasteiger partial charge in [0.15, 0.2) is 0 Å². The van der Waals surface area contributed by atoms with Crippen LogP contribution in [0.5, 0.6) is 0 Å². The molecule has 3 heterocycles. The van der Waals surface area contributed by atoms with E-state index in [1.807, 2.05) is 4.90 Å². The van der Waals surface area contributed by atoms with Gasteiger partial charge in [-0.25, -0.2) is 0 Å². The van der Waals surface area contributed by atoms with Crippen molar-refractivity contribution in [2.24, 2.45) is 0 Å². The van der Waals surface area contributed by atoms with Crippen LogP contribution in [0.3, 0.4) is 0 Å². The lowest BCUT2D eigenvalue weighted by Gasteiger charge is -2.37. The first-order valence-electron chi connectivity index (χ1n) is 7.46. The highest BCUT2D eigenvalue weighted by atomic mass is 16.2. The van der Waals surface area contributed by atoms with Gasteiger partial charge in [0.25, 0.3) is 5.91 Å². The van der Waals surface area contributed by atoms with E-state index >= 15 is 0 Å². The Kier molecular flexibility index (Phi) is 3.87. The molecule has 108 valence electrons. The van der Waals surface area contributed by atoms with Crippen molar-refractivity contribution in [1.29, 1.82) is 0 Å². The van der Waals surface area contributed by atoms with Gasteiger partial charge in [-0.05, 0) is 44.8 Å². The van der Waals surface area contributed by atoms with Gasteiger partial charge < -0.3 is 9.88 Å². The fraction of sp³-hybridized carbons (Fsp3) is 0.600. The number of hydrogen-bond donors (Lipinski definition) is 1. The molecule has 0 bridgehead atoms. The summed E-state index contributed by atoms with van der Waals surface area (Å²) in [6, 6.07) is 3.57. The summed E-state index contributed by atoms with van der Waals surface area (Å²) in [5.74, 6) is -0.0139. The number of carbonyl (C=O) groups is 1. The van der Waals surface area contributed by atoms with E-state index in [-0.39, 0.29) is 11.5 Å². The number of aromatic amines is 1. The van der Waals surface area contributed by atoms with Crippen molar-refractivity contribution in [3.05, 3.63) is 34.2 Å². The van der Waals surface area contributed by atoms with E-state index in [0.717, 1.165) is 32.6 Å². The molecular weight excluding hydrogens is 254 g/mol. The first kappa shape index (κ1) is 13.4. The molecule has 0 aliphatic carbocycles. The minimum Gasteiger partial charge on any atom is -0.337 e. The largest absolute Gasteiger partial charge is 0.337 e. The molecule has 0 radical (unpaired) electrons. The maximum Gasteiger partial charge on any atom is 0.254 e. The molecule has 0 aromatic carbocycles. The molecule has 2 saturated heterocycles. The Morgan fingerprint density at radius 2 is 2.00 bits per heavy atom. The Hall–Kier alpha value is -1.62. The number of aromatic nitrogens is 1. The molecule has 5 heteroatoms. The normalized spacial score (nSPS) is 24.0. The van der Waals surface area contributed by atoms with Gasteiger partial charge in [-0.15, -0.1) is 0 Å². The van der Waals surface area contributed by atoms with Crippen LogP contribution in [0, 0.1) is 0 Å². The highest BCUT2D eigenvalue weighted by Crippen LogP contribution is 2.21. The summed E-state index contributed by atoms with van der Waals surface area (Å²) in [6.45, 7) is 3.93. The Morgan fingerprint density at radius 1 is 1.20 bits per heavy atom. The lowest BCUT2D eigenvalue weighted by Crippen LogP contribution is -2.49. The zero-order chi connectivity index (χ0) is 13.9. The molecule has 1 N–H and O–H groups in total. The number of rotatable bonds is 2. The number of pyridine rings is 1. The number of carbonyl (C=O) groups excluding carboxylic acids is 1. The molecule has 2 aliphatic heterocycles. The van der Waals surface area contributed by atoms with Crippen LogP contribution in [-0.2, 0) is 0 Å². The van der Waals surface area contributed by atoms with Crippen LogP contribution >= 0.6 is 0 Å². The average Bonchev–Trinajstić information content (AvgIpc) is 3.01. The van der Waals surface area contributed by atoms with Gasteiger partial charge in [0, 0.05) is 37.0 Å². The topological polar surface area (TPSA) is 56.4 Å². The van der Waals surface area contributed by atoms with E-state index in [1.54, 1.807) is 6.07 Å². The van der Waals surface area contributed by atoms with Crippen molar-refractivity contribution in [3.8, 4) is 0 Å². The molecule has 2 fully saturated rings. The molecule has 0 saturated carbocycles. The van der Waals surface area contributed by atoms with Crippen molar-refractivity contribution in [1.82, 2.24) is 14.8 Å². The first-order valence-corrected chi connectivity index (χ1v) is 7.46. The summed E-state index contributed by atoms with van der Waals surface area (Å²) in [4.78, 5) is 30.7. The van der Waals surface area contributed by atoms with Gasteiger partial charge in [-0.2, -0.15) is 0 Å². The number of nitrogens with one attached hydrogen (secondary N) is 1. The highest BCUT2D eigenvalue weighted by molar-refractivity contribution is 5.94. The Bertz CT molecular complexity index is 534. The number of amides is 1. The molecule has 1 amide bonds. The van der Waals surface area contributed by atoms with Crippen molar-refractivity contribution in [2.45, 2.75) is 31.7 Å². The quantitative estimate of drug-likeness (QED) is 0.878. The average molecular weight is 275 g/mol. The second-order valence-electron chi connectivity index (χ2n) is 5.73. The van der Waals surface area contributed by atoms with Crippen LogP contribution in [0.4, 0.5) is 0 Å². The summed E-state index contributed by atoms with van der Waals surface area (Å²) >= 11 is 0. The molecule has 1 atom stereocenters. The van der Waals surface area contributed by atoms with Crippen molar-refractivity contribution >= 4 is 5.91 Å². The molecule has 1 aromatic rings. The molecule has 1 unspecified atom stereocenters. The van der Waals surface area contributed by atoms with Crippen LogP contribution < -0.4 is 5.56 Å². The van der Waals surface area contributed by atoms with Gasteiger partial charge in [0.05, 0.1) is 0 Å². The van der Waals surface area contributed by atoms with Crippen LogP contribution in [0.2, 0.25) is 0 Å². The predicted molar refractivity (Wildman–Crippen MR) is 76.8 cm³/mol. The highest BCUT2D eigenvalue weighted by Gasteiger charge is 2.29. The minimum absolute atomic E-state index is 0.0139. The Labute approximate surface area is 118 Å². The lowest BCUT2D eigenvalue weighted by molar-refractivity contribution is 0.0607. The van der Waals surface area contributed by atoms with Crippen molar-refractivity contribution < 1.29 is 4.79 Å². The van der Waals surface area contributed by atoms with E-state index in [9.17, 15) is 9.59 Å². The third kappa shape index (κ3) is 2.77. The smallest absolute Gasteiger partial charge is 0.254 e. The molecule has 20 heavy (non-hydrogen) atoms. The van der Waals surface area contributed by atoms with E-state index < -0.39 is 0 Å². The number of hydrogen-bond acceptors (Lipinski definition) is 3. The zero-order valence-corrected chi connectivity index (χ0v) is 11.7. The first-order chi connectivity index (χ1) is 9.74. The van der Waals surface area contributed by atoms with E-state index in [2.05, 4.69) is 9.88 Å². The van der Waals surface area contributed by atoms with Gasteiger partial charge in [0.1, 0.15) is 0 Å². The summed E-state index contributed by atoms with van der Waals surface area (Å²) < 4.78 is 0. The van der Waals surface area contributed by atoms with Gasteiger partial charge in [-0.1, -0.05) is 0 Å². The maximum atomic E-state index is 12.5. The molecular formula is C15H21N3O2. The summed E-state index contributed by atoms with van der Waals surface area (Å²) in [7, 11) is 0. The van der Waals surface area contributed by atoms with Crippen molar-refractivity contribution in [2.75, 3.05) is 26.2 Å². The Balaban J connectivity index is 1.70. The summed E-state index contributed by atoms with van der Waals surface area (Å²) in [5, 5.41) is 0. The predicted octanol–water partition coefficient (Wildman–Crippen LogP) is 1.08. The maximum absolute atomic E-state index is 12.5. The molecule has 5 nitrogen and oxygen atoms in total. The van der Waals surface area contributed by atoms with Crippen LogP contribution in [0.1, 0.15) is 36.0 Å². The van der Waals surface area contributed by atoms with Crippen LogP contribution in [0.25, 0.3) is 0 Å². The molecule has 2 aliphatic rings. The summed E-state index contributed by atoms with van der Waals surface area (Å²) in [5.41, 5.74) is 0.278. The van der Waals surface area contributed by atoms with E-state index in [1.165, 1.54) is 31.5 Å². The van der Waals surface area contributed by atoms with Crippen molar-refractivity contribution in [3.63, 3.8) is 0 Å². The number of nitrogens with zero attached hydrogens (tertiary/aromatic N) is 2. The standard InChI is InChI=1S/C15H21N3O2/c19-14-10-12(5-6-16-14)15(20)18-9-3-4-13(11-18)17-7-1-2-8-17/h5-6,10,13H,1-4,7-9,11H2,(H,16,19). The number of likely N-dealkylation sites (tertiary alicyclic amines) is 2. The molecule has 1 aromatic heterocycles. The summed E-state index contributed by atoms with van der Waals surface area (Å²) in [6.07, 6.45) is 6.32. The second kappa shape index (κ2) is 5.79. The fourth-order valence-electron chi connectivity index (χ4n) is 3.30. The second-order valence-corrected chi connectivity index (χ2v) is 5.73. The van der Waals surface area contributed by atoms with E-state index in [0.29, 0.717) is 11.6 Å². The third-order valence-electron chi connectivity index (χ3n) is 4.36. The van der Waals surface area contributed by atoms with Crippen LogP contribution in [-0.4, -0.2) is 52.9 Å². The number of piperidine rings is 1. The van der Waals surface area contributed by atoms with Crippen LogP contribution in [0.15, 0.2) is 23.1 Å². The SMILES string of the molecule is O=C(c1cc[nH]c(=O)c1)N1CCCC(N2CCCC2)C1. The monoisotopic (exact) mass is 275 g/mol. The fourth-order valence-corrected chi connectivity index (χ4v) is 3.30. The molecule has 0 spiro atoms. The van der Waals surface area contributed by atoms with E-state index in [4.69, 9.17) is 0 Å². The van der Waals surface area contributed by atoms with Gasteiger partial charge in [-0.3, -0.25) is 14.5 Å². The lowest BCUT2D eigenvalue weighted by atomic mass is 10.0. The van der Waals surface area contributed by atoms with Gasteiger partial charge in [0.2, 0.25) is 5.56 Å².